The van der Waals surface area contributed by atoms with Crippen LogP contribution in [0.5, 0.6) is 0 Å². The molecule has 0 fully saturated rings. The van der Waals surface area contributed by atoms with Crippen LogP contribution in [0.3, 0.4) is 0 Å². The van der Waals surface area contributed by atoms with E-state index in [1.54, 1.807) is 0 Å². The number of hydrogen-bond acceptors (Lipinski definition) is 6. The van der Waals surface area contributed by atoms with Gasteiger partial charge >= 0.3 is 0 Å². The molecule has 0 rings (SSSR count). The Bertz CT molecular complexity index is 61.6. The van der Waals surface area contributed by atoms with Crippen molar-refractivity contribution in [2.24, 2.45) is 0 Å². The molecular weight excluding hydrogens is 200 g/mol. The second kappa shape index (κ2) is 5.98. The van der Waals surface area contributed by atoms with Gasteiger partial charge in [0.2, 0.25) is 0 Å². The van der Waals surface area contributed by atoms with Gasteiger partial charge in [0.15, 0.2) is 0 Å². The van der Waals surface area contributed by atoms with Crippen LogP contribution in [0.4, 0.5) is 0 Å². The first kappa shape index (κ1) is 10.2. The molecule has 0 heterocycles. The monoisotopic (exact) mass is 206 g/mol. The predicted molar refractivity (Wildman–Crippen MR) is 45.4 cm³/mol. The third-order valence-corrected chi connectivity index (χ3v) is 1.95. The number of rotatable bonds is 4. The summed E-state index contributed by atoms with van der Waals surface area (Å²) in [5.41, 5.74) is 0. The van der Waals surface area contributed by atoms with Crippen molar-refractivity contribution in [1.82, 2.24) is 9.44 Å². The molecule has 0 aromatic heterocycles. The van der Waals surface area contributed by atoms with Crippen LogP contribution in [0.2, 0.25) is 0 Å². The van der Waals surface area contributed by atoms with E-state index in [2.05, 4.69) is 32.8 Å². The Morgan fingerprint density at radius 1 is 1.11 bits per heavy atom. The molecule has 4 nitrogen and oxygen atoms in total. The topological polar surface area (TPSA) is 70.2 Å². The zero-order chi connectivity index (χ0) is 7.28. The Balaban J connectivity index is 2.91. The fraction of sp³-hybridized carbons (Fsp3) is 1.00. The van der Waals surface area contributed by atoms with Gasteiger partial charge in [-0.05, 0) is 0 Å². The summed E-state index contributed by atoms with van der Waals surface area (Å²) < 4.78 is 25.0. The van der Waals surface area contributed by atoms with E-state index in [9.17, 15) is 9.11 Å². The summed E-state index contributed by atoms with van der Waals surface area (Å²) in [6.45, 7) is 0.159. The van der Waals surface area contributed by atoms with Crippen LogP contribution in [0.1, 0.15) is 0 Å². The van der Waals surface area contributed by atoms with E-state index in [-0.39, 0.29) is 6.67 Å². The third kappa shape index (κ3) is 9.24. The molecule has 56 valence electrons. The molecule has 2 unspecified atom stereocenters. The Labute approximate surface area is 69.4 Å². The van der Waals surface area contributed by atoms with Crippen molar-refractivity contribution in [3.63, 3.8) is 0 Å². The maximum absolute atomic E-state index is 10.1. The summed E-state index contributed by atoms with van der Waals surface area (Å²) >= 11 is 7.00. The highest BCUT2D eigenvalue weighted by Crippen LogP contribution is 1.88. The van der Waals surface area contributed by atoms with Gasteiger partial charge in [-0.25, -0.2) is 0 Å². The summed E-state index contributed by atoms with van der Waals surface area (Å²) in [7, 11) is -2.74. The van der Waals surface area contributed by atoms with Crippen LogP contribution in [-0.2, 0) is 20.8 Å². The molecule has 0 amide bonds. The standard InChI is InChI=1S/CH6N2O2S4/c4-8(6)2-1-3-9(5)7/h2-3H,1H2,(H,4,6)(H,5,7). The number of hydrogen-bond donors (Lipinski definition) is 4. The van der Waals surface area contributed by atoms with E-state index in [1.807, 2.05) is 0 Å². The van der Waals surface area contributed by atoms with Gasteiger partial charge in [-0.3, -0.25) is 0 Å². The molecule has 0 aromatic carbocycles. The molecule has 0 radical (unpaired) electrons. The molecule has 0 spiro atoms. The highest BCUT2D eigenvalue weighted by Gasteiger charge is 2.00. The van der Waals surface area contributed by atoms with Crippen molar-refractivity contribution in [1.29, 1.82) is 0 Å². The summed E-state index contributed by atoms with van der Waals surface area (Å²) in [6, 6.07) is 0. The summed E-state index contributed by atoms with van der Waals surface area (Å²) in [4.78, 5) is 0. The van der Waals surface area contributed by atoms with Crippen molar-refractivity contribution in [3.05, 3.63) is 0 Å². The molecule has 0 aliphatic carbocycles. The fourth-order valence-electron chi connectivity index (χ4n) is 0.153. The van der Waals surface area contributed by atoms with Crippen LogP contribution < -0.4 is 9.44 Å². The highest BCUT2D eigenvalue weighted by molar-refractivity contribution is 8.63. The number of nitrogens with one attached hydrogen (secondary N) is 2. The lowest BCUT2D eigenvalue weighted by molar-refractivity contribution is 0.584. The molecule has 0 aliphatic rings. The van der Waals surface area contributed by atoms with Crippen LogP contribution in [-0.4, -0.2) is 15.8 Å². The zero-order valence-electron chi connectivity index (χ0n) is 4.23. The van der Waals surface area contributed by atoms with E-state index in [1.165, 1.54) is 0 Å². The first-order valence-electron chi connectivity index (χ1n) is 1.81. The quantitative estimate of drug-likeness (QED) is 0.209. The lowest BCUT2D eigenvalue weighted by Crippen LogP contribution is -2.32. The number of thiol groups is 2. The average molecular weight is 206 g/mol. The molecule has 0 aliphatic heterocycles. The Morgan fingerprint density at radius 3 is 1.67 bits per heavy atom. The molecule has 0 saturated carbocycles. The molecule has 9 heavy (non-hydrogen) atoms. The summed E-state index contributed by atoms with van der Waals surface area (Å²) in [5.74, 6) is 0. The van der Waals surface area contributed by atoms with E-state index >= 15 is 0 Å². The minimum Gasteiger partial charge on any atom is -0.587 e. The third-order valence-electron chi connectivity index (χ3n) is 0.391. The van der Waals surface area contributed by atoms with Gasteiger partial charge in [0.1, 0.15) is 27.5 Å². The van der Waals surface area contributed by atoms with Gasteiger partial charge in [-0.1, -0.05) is 0 Å². The minimum absolute atomic E-state index is 0.159. The fourth-order valence-corrected chi connectivity index (χ4v) is 1.02. The predicted octanol–water partition coefficient (Wildman–Crippen LogP) is -0.860. The maximum Gasteiger partial charge on any atom is 0.136 e. The van der Waals surface area contributed by atoms with Gasteiger partial charge in [-0.2, -0.15) is 0 Å². The molecule has 0 saturated heterocycles. The lowest BCUT2D eigenvalue weighted by atomic mass is 11.3. The van der Waals surface area contributed by atoms with E-state index in [0.29, 0.717) is 0 Å². The van der Waals surface area contributed by atoms with Gasteiger partial charge < -0.3 is 9.11 Å². The van der Waals surface area contributed by atoms with Crippen molar-refractivity contribution in [3.8, 4) is 0 Å². The van der Waals surface area contributed by atoms with Gasteiger partial charge in [-0.15, -0.1) is 9.44 Å². The minimum atomic E-state index is -1.37. The first-order chi connectivity index (χ1) is 4.13. The van der Waals surface area contributed by atoms with Gasteiger partial charge in [0, 0.05) is 0 Å². The van der Waals surface area contributed by atoms with Crippen LogP contribution in [0.15, 0.2) is 0 Å². The molecule has 0 aromatic rings. The SMILES string of the molecule is [O-][S+](S)NCN[S+]([O-])S. The summed E-state index contributed by atoms with van der Waals surface area (Å²) in [6.07, 6.45) is 0. The Kier molecular flexibility index (Phi) is 6.81. The maximum atomic E-state index is 10.1. The van der Waals surface area contributed by atoms with Crippen molar-refractivity contribution >= 4 is 44.1 Å². The van der Waals surface area contributed by atoms with E-state index in [0.717, 1.165) is 0 Å². The van der Waals surface area contributed by atoms with E-state index < -0.39 is 20.8 Å². The van der Waals surface area contributed by atoms with Crippen molar-refractivity contribution < 1.29 is 9.11 Å². The van der Waals surface area contributed by atoms with Crippen LogP contribution >= 0.6 is 23.3 Å². The molecule has 8 heteroatoms. The van der Waals surface area contributed by atoms with Crippen molar-refractivity contribution in [2.75, 3.05) is 6.67 Å². The zero-order valence-corrected chi connectivity index (χ0v) is 7.66. The second-order valence-electron chi connectivity index (χ2n) is 0.964. The second-order valence-corrected chi connectivity index (χ2v) is 4.53. The average Bonchev–Trinajstić information content (AvgIpc) is 1.63. The largest absolute Gasteiger partial charge is 0.587 e. The van der Waals surface area contributed by atoms with E-state index in [4.69, 9.17) is 0 Å². The molecule has 2 atom stereocenters. The first-order valence-corrected chi connectivity index (χ1v) is 6.22. The normalized spacial score (nSPS) is 17.3. The van der Waals surface area contributed by atoms with Gasteiger partial charge in [0.25, 0.3) is 0 Å². The Morgan fingerprint density at radius 2 is 1.44 bits per heavy atom. The van der Waals surface area contributed by atoms with Crippen molar-refractivity contribution in [2.45, 2.75) is 0 Å². The highest BCUT2D eigenvalue weighted by atomic mass is 33.1. The van der Waals surface area contributed by atoms with Crippen LogP contribution in [0.25, 0.3) is 0 Å². The smallest absolute Gasteiger partial charge is 0.136 e. The van der Waals surface area contributed by atoms with Crippen LogP contribution in [0, 0.1) is 0 Å². The van der Waals surface area contributed by atoms with Gasteiger partial charge in [0.05, 0.1) is 23.3 Å². The molecule has 2 N–H and O–H groups in total. The lowest BCUT2D eigenvalue weighted by Gasteiger charge is -2.04. The molecule has 0 bridgehead atoms. The summed E-state index contributed by atoms with van der Waals surface area (Å²) in [5, 5.41) is 0. The Hall–Kier alpha value is 1.24. The molecular formula is CH6N2O2S4.